The Hall–Kier alpha value is -1.93. The quantitative estimate of drug-likeness (QED) is 0.794. The van der Waals surface area contributed by atoms with Crippen molar-refractivity contribution >= 4 is 12.1 Å². The Kier molecular flexibility index (Phi) is 4.61. The summed E-state index contributed by atoms with van der Waals surface area (Å²) in [5.41, 5.74) is 2.53. The van der Waals surface area contributed by atoms with Gasteiger partial charge in [0.2, 0.25) is 5.91 Å². The third-order valence-corrected chi connectivity index (χ3v) is 3.02. The van der Waals surface area contributed by atoms with Crippen molar-refractivity contribution in [2.24, 2.45) is 5.92 Å². The summed E-state index contributed by atoms with van der Waals surface area (Å²) in [4.78, 5) is 27.6. The molecule has 1 aliphatic rings. The minimum Gasteiger partial charge on any atom is -0.355 e. The zero-order valence-corrected chi connectivity index (χ0v) is 9.90. The molecule has 1 aromatic carbocycles. The average molecular weight is 233 g/mol. The van der Waals surface area contributed by atoms with Crippen LogP contribution in [0.5, 0.6) is 0 Å². The molecule has 1 aliphatic heterocycles. The first kappa shape index (κ1) is 13.1. The van der Waals surface area contributed by atoms with Gasteiger partial charge in [0, 0.05) is 18.4 Å². The summed E-state index contributed by atoms with van der Waals surface area (Å²) in [6, 6.07) is 8.45. The van der Waals surface area contributed by atoms with Crippen molar-refractivity contribution in [3.05, 3.63) is 35.4 Å². The molecule has 1 heterocycles. The molecule has 2 rings (SSSR count). The van der Waals surface area contributed by atoms with Crippen LogP contribution in [0.2, 0.25) is 0 Å². The van der Waals surface area contributed by atoms with Crippen LogP contribution in [0, 0.1) is 12.8 Å². The molecule has 1 saturated heterocycles. The second-order valence-corrected chi connectivity index (χ2v) is 4.13. The maximum atomic E-state index is 11.3. The molecule has 4 nitrogen and oxygen atoms in total. The molecule has 1 aromatic rings. The molecule has 90 valence electrons. The lowest BCUT2D eigenvalue weighted by Gasteiger charge is -2.12. The number of hydrogen-bond donors (Lipinski definition) is 1. The molecule has 1 amide bonds. The summed E-state index contributed by atoms with van der Waals surface area (Å²) in [7, 11) is 0. The highest BCUT2D eigenvalue weighted by Gasteiger charge is 2.31. The van der Waals surface area contributed by atoms with E-state index in [0.717, 1.165) is 6.54 Å². The largest absolute Gasteiger partial charge is 0.373 e. The van der Waals surface area contributed by atoms with E-state index in [1.807, 2.05) is 6.92 Å². The van der Waals surface area contributed by atoms with Gasteiger partial charge in [-0.05, 0) is 12.5 Å². The highest BCUT2D eigenvalue weighted by atomic mass is 16.2. The SMILES string of the molecule is Cc1ccc([C@@H]2CNC(=O)[C@H]2C)cc1.O=C=O. The number of nitrogens with one attached hydrogen (secondary N) is 1. The van der Waals surface area contributed by atoms with Gasteiger partial charge in [0.15, 0.2) is 0 Å². The Morgan fingerprint density at radius 1 is 1.24 bits per heavy atom. The van der Waals surface area contributed by atoms with Crippen molar-refractivity contribution in [1.29, 1.82) is 0 Å². The Morgan fingerprint density at radius 2 is 1.76 bits per heavy atom. The molecule has 4 heteroatoms. The van der Waals surface area contributed by atoms with Crippen LogP contribution in [0.15, 0.2) is 24.3 Å². The molecule has 0 aromatic heterocycles. The van der Waals surface area contributed by atoms with Gasteiger partial charge in [0.25, 0.3) is 0 Å². The summed E-state index contributed by atoms with van der Waals surface area (Å²) in [5, 5.41) is 2.89. The number of hydrogen-bond acceptors (Lipinski definition) is 3. The first-order valence-electron chi connectivity index (χ1n) is 5.43. The predicted octanol–water partition coefficient (Wildman–Crippen LogP) is 1.26. The molecule has 17 heavy (non-hydrogen) atoms. The van der Waals surface area contributed by atoms with Crippen LogP contribution in [-0.4, -0.2) is 18.6 Å². The smallest absolute Gasteiger partial charge is 0.355 e. The number of rotatable bonds is 1. The van der Waals surface area contributed by atoms with Crippen LogP contribution in [0.1, 0.15) is 24.0 Å². The van der Waals surface area contributed by atoms with E-state index in [2.05, 4.69) is 36.5 Å². The zero-order chi connectivity index (χ0) is 12.8. The zero-order valence-electron chi connectivity index (χ0n) is 9.90. The lowest BCUT2D eigenvalue weighted by molar-refractivity contribution is -0.191. The van der Waals surface area contributed by atoms with Crippen molar-refractivity contribution in [2.75, 3.05) is 6.54 Å². The van der Waals surface area contributed by atoms with Crippen LogP contribution in [0.25, 0.3) is 0 Å². The fourth-order valence-corrected chi connectivity index (χ4v) is 1.95. The predicted molar refractivity (Wildman–Crippen MR) is 61.1 cm³/mol. The van der Waals surface area contributed by atoms with E-state index >= 15 is 0 Å². The second kappa shape index (κ2) is 5.97. The van der Waals surface area contributed by atoms with Gasteiger partial charge in [-0.2, -0.15) is 9.59 Å². The molecule has 1 fully saturated rings. The summed E-state index contributed by atoms with van der Waals surface area (Å²) in [5.74, 6) is 0.636. The van der Waals surface area contributed by atoms with Crippen molar-refractivity contribution in [3.63, 3.8) is 0 Å². The Balaban J connectivity index is 0.000000437. The fourth-order valence-electron chi connectivity index (χ4n) is 1.95. The van der Waals surface area contributed by atoms with Crippen LogP contribution >= 0.6 is 0 Å². The van der Waals surface area contributed by atoms with Crippen molar-refractivity contribution in [1.82, 2.24) is 5.32 Å². The second-order valence-electron chi connectivity index (χ2n) is 4.13. The monoisotopic (exact) mass is 233 g/mol. The highest BCUT2D eigenvalue weighted by molar-refractivity contribution is 5.81. The minimum atomic E-state index is 0.109. The van der Waals surface area contributed by atoms with Gasteiger partial charge < -0.3 is 5.32 Å². The van der Waals surface area contributed by atoms with Gasteiger partial charge >= 0.3 is 6.15 Å². The van der Waals surface area contributed by atoms with Crippen molar-refractivity contribution in [3.8, 4) is 0 Å². The Morgan fingerprint density at radius 3 is 2.18 bits per heavy atom. The Labute approximate surface area is 100 Å². The third-order valence-electron chi connectivity index (χ3n) is 3.02. The lowest BCUT2D eigenvalue weighted by atomic mass is 9.90. The van der Waals surface area contributed by atoms with E-state index in [1.54, 1.807) is 0 Å². The molecular weight excluding hydrogens is 218 g/mol. The number of carbonyl (C=O) groups excluding carboxylic acids is 3. The Bertz CT molecular complexity index is 419. The van der Waals surface area contributed by atoms with E-state index in [1.165, 1.54) is 11.1 Å². The summed E-state index contributed by atoms with van der Waals surface area (Å²) in [6.07, 6.45) is 0.250. The number of amides is 1. The van der Waals surface area contributed by atoms with Crippen LogP contribution in [-0.2, 0) is 14.4 Å². The van der Waals surface area contributed by atoms with Gasteiger partial charge in [-0.25, -0.2) is 0 Å². The van der Waals surface area contributed by atoms with Crippen LogP contribution < -0.4 is 5.32 Å². The standard InChI is InChI=1S/C12H15NO.CO2/c1-8-3-5-10(6-4-8)11-7-13-12(14)9(11)2;2-1-3/h3-6,9,11H,7H2,1-2H3,(H,13,14);/t9-,11+;/m0./s1. The topological polar surface area (TPSA) is 63.2 Å². The number of aryl methyl sites for hydroxylation is 1. The van der Waals surface area contributed by atoms with E-state index in [-0.39, 0.29) is 18.0 Å². The molecule has 0 bridgehead atoms. The molecule has 1 N–H and O–H groups in total. The fraction of sp³-hybridized carbons (Fsp3) is 0.385. The van der Waals surface area contributed by atoms with E-state index in [9.17, 15) is 4.79 Å². The molecule has 0 aliphatic carbocycles. The molecule has 0 saturated carbocycles. The molecule has 0 spiro atoms. The first-order valence-corrected chi connectivity index (χ1v) is 5.43. The molecule has 0 radical (unpaired) electrons. The van der Waals surface area contributed by atoms with E-state index < -0.39 is 0 Å². The highest BCUT2D eigenvalue weighted by Crippen LogP contribution is 2.28. The average Bonchev–Trinajstić information content (AvgIpc) is 2.63. The maximum absolute atomic E-state index is 11.3. The third kappa shape index (κ3) is 3.26. The molecular formula is C13H15NO3. The minimum absolute atomic E-state index is 0.109. The van der Waals surface area contributed by atoms with Gasteiger partial charge in [-0.1, -0.05) is 36.8 Å². The van der Waals surface area contributed by atoms with Crippen molar-refractivity contribution < 1.29 is 14.4 Å². The van der Waals surface area contributed by atoms with Crippen LogP contribution in [0.3, 0.4) is 0 Å². The summed E-state index contributed by atoms with van der Waals surface area (Å²) >= 11 is 0. The van der Waals surface area contributed by atoms with Crippen molar-refractivity contribution in [2.45, 2.75) is 19.8 Å². The van der Waals surface area contributed by atoms with E-state index in [4.69, 9.17) is 9.59 Å². The van der Waals surface area contributed by atoms with Gasteiger partial charge in [0.1, 0.15) is 0 Å². The number of carbonyl (C=O) groups is 1. The van der Waals surface area contributed by atoms with Crippen LogP contribution in [0.4, 0.5) is 0 Å². The van der Waals surface area contributed by atoms with Gasteiger partial charge in [-0.3, -0.25) is 4.79 Å². The maximum Gasteiger partial charge on any atom is 0.373 e. The van der Waals surface area contributed by atoms with Gasteiger partial charge in [0.05, 0.1) is 0 Å². The molecule has 2 atom stereocenters. The lowest BCUT2D eigenvalue weighted by Crippen LogP contribution is -2.16. The van der Waals surface area contributed by atoms with E-state index in [0.29, 0.717) is 5.92 Å². The summed E-state index contributed by atoms with van der Waals surface area (Å²) < 4.78 is 0. The van der Waals surface area contributed by atoms with Gasteiger partial charge in [-0.15, -0.1) is 0 Å². The summed E-state index contributed by atoms with van der Waals surface area (Å²) in [6.45, 7) is 4.85. The molecule has 0 unspecified atom stereocenters. The first-order chi connectivity index (χ1) is 8.10. The number of benzene rings is 1. The normalized spacial score (nSPS) is 22.1.